The van der Waals surface area contributed by atoms with E-state index in [0.717, 1.165) is 49.9 Å². The highest BCUT2D eigenvalue weighted by molar-refractivity contribution is 5.97. The van der Waals surface area contributed by atoms with Crippen molar-refractivity contribution in [2.45, 2.75) is 37.9 Å². The molecule has 0 spiro atoms. The first kappa shape index (κ1) is 22.2. The van der Waals surface area contributed by atoms with E-state index >= 15 is 0 Å². The van der Waals surface area contributed by atoms with Crippen LogP contribution in [0.25, 0.3) is 0 Å². The van der Waals surface area contributed by atoms with Gasteiger partial charge in [0, 0.05) is 11.6 Å². The average Bonchev–Trinajstić information content (AvgIpc) is 3.16. The van der Waals surface area contributed by atoms with Crippen molar-refractivity contribution < 1.29 is 37.1 Å². The van der Waals surface area contributed by atoms with Gasteiger partial charge in [0.05, 0.1) is 5.56 Å². The Bertz CT molecular complexity index is 759. The van der Waals surface area contributed by atoms with Crippen molar-refractivity contribution in [2.24, 2.45) is 0 Å². The van der Waals surface area contributed by atoms with Gasteiger partial charge in [0.1, 0.15) is 6.54 Å². The molecular formula is C18H20F3N3O5. The summed E-state index contributed by atoms with van der Waals surface area (Å²) in [6.07, 6.45) is -0.818. The molecule has 0 saturated heterocycles. The number of esters is 1. The van der Waals surface area contributed by atoms with Gasteiger partial charge in [-0.15, -0.1) is 0 Å². The Morgan fingerprint density at radius 1 is 1.03 bits per heavy atom. The van der Waals surface area contributed by atoms with Crippen LogP contribution in [0.4, 0.5) is 18.0 Å². The number of hydrogen-bond donors (Lipinski definition) is 3. The van der Waals surface area contributed by atoms with Crippen LogP contribution in [0.15, 0.2) is 24.3 Å². The number of imide groups is 1. The zero-order valence-corrected chi connectivity index (χ0v) is 15.3. The normalized spacial score (nSPS) is 14.2. The summed E-state index contributed by atoms with van der Waals surface area (Å²) in [6, 6.07) is 2.78. The number of hydrogen-bond acceptors (Lipinski definition) is 5. The average molecular weight is 415 g/mol. The topological polar surface area (TPSA) is 114 Å². The molecular weight excluding hydrogens is 395 g/mol. The lowest BCUT2D eigenvalue weighted by molar-refractivity contribution is -0.147. The van der Waals surface area contributed by atoms with E-state index in [1.807, 2.05) is 5.32 Å². The second-order valence-electron chi connectivity index (χ2n) is 6.42. The summed E-state index contributed by atoms with van der Waals surface area (Å²) in [5.74, 6) is -2.56. The summed E-state index contributed by atoms with van der Waals surface area (Å²) in [5, 5.41) is 6.82. The van der Waals surface area contributed by atoms with Crippen molar-refractivity contribution >= 4 is 23.8 Å². The van der Waals surface area contributed by atoms with Crippen LogP contribution in [-0.2, 0) is 20.5 Å². The number of carbonyl (C=O) groups is 4. The van der Waals surface area contributed by atoms with Crippen molar-refractivity contribution in [3.05, 3.63) is 35.4 Å². The highest BCUT2D eigenvalue weighted by Gasteiger charge is 2.30. The van der Waals surface area contributed by atoms with Crippen LogP contribution < -0.4 is 16.0 Å². The fraction of sp³-hybridized carbons (Fsp3) is 0.444. The largest absolute Gasteiger partial charge is 0.454 e. The van der Waals surface area contributed by atoms with Gasteiger partial charge in [0.25, 0.3) is 11.8 Å². The third kappa shape index (κ3) is 7.43. The Morgan fingerprint density at radius 2 is 1.66 bits per heavy atom. The first-order chi connectivity index (χ1) is 13.6. The summed E-state index contributed by atoms with van der Waals surface area (Å²) in [6.45, 7) is -1.31. The van der Waals surface area contributed by atoms with Crippen molar-refractivity contribution in [3.8, 4) is 0 Å². The molecule has 1 aromatic rings. The van der Waals surface area contributed by atoms with Gasteiger partial charge in [-0.2, -0.15) is 13.2 Å². The summed E-state index contributed by atoms with van der Waals surface area (Å²) >= 11 is 0. The summed E-state index contributed by atoms with van der Waals surface area (Å²) in [7, 11) is 0. The second kappa shape index (κ2) is 9.89. The van der Waals surface area contributed by atoms with E-state index in [2.05, 4.69) is 15.4 Å². The Labute approximate surface area is 164 Å². The van der Waals surface area contributed by atoms with Crippen molar-refractivity contribution in [3.63, 3.8) is 0 Å². The molecule has 4 amide bonds. The molecule has 158 valence electrons. The monoisotopic (exact) mass is 415 g/mol. The van der Waals surface area contributed by atoms with E-state index in [-0.39, 0.29) is 11.6 Å². The Kier molecular flexibility index (Phi) is 7.57. The van der Waals surface area contributed by atoms with Crippen molar-refractivity contribution in [2.75, 3.05) is 13.2 Å². The number of benzene rings is 1. The summed E-state index contributed by atoms with van der Waals surface area (Å²) < 4.78 is 42.1. The van der Waals surface area contributed by atoms with E-state index in [9.17, 15) is 32.3 Å². The third-order valence-electron chi connectivity index (χ3n) is 4.18. The van der Waals surface area contributed by atoms with Crippen LogP contribution in [0.2, 0.25) is 0 Å². The van der Waals surface area contributed by atoms with Crippen LogP contribution in [0.1, 0.15) is 41.6 Å². The number of alkyl halides is 3. The lowest BCUT2D eigenvalue weighted by Gasteiger charge is -2.12. The van der Waals surface area contributed by atoms with Gasteiger partial charge in [-0.05, 0) is 37.1 Å². The molecule has 2 rings (SSSR count). The highest BCUT2D eigenvalue weighted by Crippen LogP contribution is 2.29. The second-order valence-corrected chi connectivity index (χ2v) is 6.42. The Morgan fingerprint density at radius 3 is 2.24 bits per heavy atom. The first-order valence-corrected chi connectivity index (χ1v) is 8.86. The van der Waals surface area contributed by atoms with Crippen molar-refractivity contribution in [1.82, 2.24) is 16.0 Å². The molecule has 0 heterocycles. The molecule has 8 nitrogen and oxygen atoms in total. The summed E-state index contributed by atoms with van der Waals surface area (Å²) in [5.41, 5.74) is -0.983. The molecule has 3 N–H and O–H groups in total. The number of halogens is 3. The van der Waals surface area contributed by atoms with E-state index < -0.39 is 48.7 Å². The number of amides is 4. The van der Waals surface area contributed by atoms with Crippen LogP contribution in [0.3, 0.4) is 0 Å². The maximum Gasteiger partial charge on any atom is 0.416 e. The number of carbonyl (C=O) groups excluding carboxylic acids is 4. The minimum Gasteiger partial charge on any atom is -0.454 e. The van der Waals surface area contributed by atoms with Gasteiger partial charge < -0.3 is 15.4 Å². The lowest BCUT2D eigenvalue weighted by Crippen LogP contribution is -2.45. The van der Waals surface area contributed by atoms with Gasteiger partial charge in [-0.1, -0.05) is 12.8 Å². The quantitative estimate of drug-likeness (QED) is 0.613. The van der Waals surface area contributed by atoms with Crippen LogP contribution in [0.5, 0.6) is 0 Å². The minimum atomic E-state index is -4.52. The molecule has 0 bridgehead atoms. The van der Waals surface area contributed by atoms with E-state index in [4.69, 9.17) is 0 Å². The Hall–Kier alpha value is -3.11. The number of nitrogens with one attached hydrogen (secondary N) is 3. The maximum atomic E-state index is 12.5. The van der Waals surface area contributed by atoms with Gasteiger partial charge in [-0.3, -0.25) is 19.7 Å². The molecule has 0 atom stereocenters. The lowest BCUT2D eigenvalue weighted by atomic mass is 10.1. The molecule has 29 heavy (non-hydrogen) atoms. The fourth-order valence-electron chi connectivity index (χ4n) is 2.72. The molecule has 0 aromatic heterocycles. The highest BCUT2D eigenvalue weighted by atomic mass is 19.4. The van der Waals surface area contributed by atoms with E-state index in [0.29, 0.717) is 0 Å². The smallest absolute Gasteiger partial charge is 0.416 e. The standard InChI is InChI=1S/C18H20F3N3O5/c19-18(20,21)12-7-5-11(6-8-12)16(27)22-9-15(26)29-10-14(25)24-17(28)23-13-3-1-2-4-13/h5-8,13H,1-4,9-10H2,(H,22,27)(H2,23,24,25,28). The zero-order valence-electron chi connectivity index (χ0n) is 15.3. The number of rotatable bonds is 6. The van der Waals surface area contributed by atoms with Gasteiger partial charge in [0.2, 0.25) is 0 Å². The van der Waals surface area contributed by atoms with Gasteiger partial charge in [0.15, 0.2) is 6.61 Å². The van der Waals surface area contributed by atoms with E-state index in [1.54, 1.807) is 0 Å². The van der Waals surface area contributed by atoms with E-state index in [1.165, 1.54) is 0 Å². The van der Waals surface area contributed by atoms with Crippen LogP contribution in [-0.4, -0.2) is 43.0 Å². The van der Waals surface area contributed by atoms with Crippen LogP contribution in [0, 0.1) is 0 Å². The Balaban J connectivity index is 1.67. The molecule has 0 aliphatic heterocycles. The number of urea groups is 1. The molecule has 1 saturated carbocycles. The fourth-order valence-corrected chi connectivity index (χ4v) is 2.72. The molecule has 1 aliphatic carbocycles. The molecule has 1 fully saturated rings. The molecule has 0 unspecified atom stereocenters. The molecule has 0 radical (unpaired) electrons. The predicted molar refractivity (Wildman–Crippen MR) is 93.7 cm³/mol. The molecule has 1 aromatic carbocycles. The van der Waals surface area contributed by atoms with Gasteiger partial charge in [-0.25, -0.2) is 4.79 Å². The summed E-state index contributed by atoms with van der Waals surface area (Å²) in [4.78, 5) is 46.6. The van der Waals surface area contributed by atoms with Crippen LogP contribution >= 0.6 is 0 Å². The first-order valence-electron chi connectivity index (χ1n) is 8.86. The SMILES string of the molecule is O=C(COC(=O)CNC(=O)c1ccc(C(F)(F)F)cc1)NC(=O)NC1CCCC1. The van der Waals surface area contributed by atoms with Gasteiger partial charge >= 0.3 is 18.2 Å². The zero-order chi connectivity index (χ0) is 21.4. The predicted octanol–water partition coefficient (Wildman–Crippen LogP) is 1.75. The minimum absolute atomic E-state index is 0.0192. The maximum absolute atomic E-state index is 12.5. The molecule has 1 aliphatic rings. The number of ether oxygens (including phenoxy) is 1. The molecule has 11 heteroatoms. The van der Waals surface area contributed by atoms with Crippen molar-refractivity contribution in [1.29, 1.82) is 0 Å². The third-order valence-corrected chi connectivity index (χ3v) is 4.18.